The number of ketones is 1. The zero-order valence-corrected chi connectivity index (χ0v) is 17.8. The van der Waals surface area contributed by atoms with Crippen LogP contribution in [0.5, 0.6) is 0 Å². The van der Waals surface area contributed by atoms with Crippen molar-refractivity contribution in [2.45, 2.75) is 44.4 Å². The molecule has 8 heteroatoms. The Labute approximate surface area is 170 Å². The summed E-state index contributed by atoms with van der Waals surface area (Å²) in [5.41, 5.74) is 6.77. The van der Waals surface area contributed by atoms with Gasteiger partial charge >= 0.3 is 0 Å². The zero-order valence-electron chi connectivity index (χ0n) is 17.0. The van der Waals surface area contributed by atoms with Gasteiger partial charge in [-0.2, -0.15) is 0 Å². The van der Waals surface area contributed by atoms with Crippen molar-refractivity contribution in [3.63, 3.8) is 0 Å². The monoisotopic (exact) mass is 416 g/mol. The van der Waals surface area contributed by atoms with E-state index in [-0.39, 0.29) is 35.0 Å². The summed E-state index contributed by atoms with van der Waals surface area (Å²) in [5.74, 6) is 3.40. The molecule has 6 nitrogen and oxygen atoms in total. The fraction of sp³-hybridized carbons (Fsp3) is 0.381. The summed E-state index contributed by atoms with van der Waals surface area (Å²) in [6, 6.07) is 4.42. The Morgan fingerprint density at radius 1 is 1.28 bits per heavy atom. The van der Waals surface area contributed by atoms with Crippen LogP contribution in [0.1, 0.15) is 48.1 Å². The summed E-state index contributed by atoms with van der Waals surface area (Å²) < 4.78 is 27.1. The van der Waals surface area contributed by atoms with Crippen molar-refractivity contribution in [2.24, 2.45) is 10.7 Å². The number of hydrogen-bond acceptors (Lipinski definition) is 6. The molecule has 0 saturated carbocycles. The number of nitrogens with zero attached hydrogens (tertiary/aromatic N) is 3. The average Bonchev–Trinajstić information content (AvgIpc) is 2.62. The molecule has 0 saturated heterocycles. The first kappa shape index (κ1) is 21.1. The fourth-order valence-corrected chi connectivity index (χ4v) is 5.22. The van der Waals surface area contributed by atoms with Crippen LogP contribution in [0.25, 0.3) is 0 Å². The van der Waals surface area contributed by atoms with Crippen molar-refractivity contribution in [3.05, 3.63) is 58.9 Å². The number of carbonyl (C=O) groups excluding carboxylic acids is 1. The van der Waals surface area contributed by atoms with E-state index < -0.39 is 25.6 Å². The Morgan fingerprint density at radius 3 is 2.55 bits per heavy atom. The van der Waals surface area contributed by atoms with Gasteiger partial charge in [0.25, 0.3) is 0 Å². The number of aryl methyl sites for hydroxylation is 1. The molecule has 29 heavy (non-hydrogen) atoms. The third kappa shape index (κ3) is 3.81. The largest absolute Gasteiger partial charge is 0.386 e. The van der Waals surface area contributed by atoms with Crippen LogP contribution in [0.3, 0.4) is 0 Å². The number of aromatic nitrogens is 2. The number of benzene rings is 1. The molecule has 2 atom stereocenters. The number of amidine groups is 1. The van der Waals surface area contributed by atoms with Gasteiger partial charge < -0.3 is 5.73 Å². The number of nitrogens with two attached hydrogens (primary N) is 1. The average molecular weight is 417 g/mol. The third-order valence-corrected chi connectivity index (χ3v) is 8.57. The second kappa shape index (κ2) is 7.02. The Kier molecular flexibility index (Phi) is 5.11. The topological polar surface area (TPSA) is 98.3 Å². The van der Waals surface area contributed by atoms with E-state index in [0.717, 1.165) is 0 Å². The summed E-state index contributed by atoms with van der Waals surface area (Å²) in [7, 11) is -2.67. The van der Waals surface area contributed by atoms with E-state index in [0.29, 0.717) is 11.3 Å². The predicted octanol–water partition coefficient (Wildman–Crippen LogP) is 2.43. The second-order valence-electron chi connectivity index (χ2n) is 8.19. The maximum absolute atomic E-state index is 14.7. The van der Waals surface area contributed by atoms with Crippen molar-refractivity contribution >= 4 is 27.0 Å². The molecule has 0 aliphatic carbocycles. The molecule has 2 heterocycles. The molecular formula is C21H25FN4O2S. The molecule has 0 fully saturated rings. The lowest BCUT2D eigenvalue weighted by Gasteiger charge is -2.41. The van der Waals surface area contributed by atoms with E-state index in [1.54, 1.807) is 39.8 Å². The number of rotatable bonds is 4. The standard InChI is InChI=1S/C21H25FN4O2S/c1-13-10-25-17(11-24-13)18(27)9-14-6-7-16(22)15(8-14)21(4)12-29(5,28)20(2,3)19(23)26-21/h6-8,10-11H,5,9,12H2,1-4H3,(H2,23,26)/t21-,29?/m0/s1. The van der Waals surface area contributed by atoms with Crippen LogP contribution in [0.15, 0.2) is 35.6 Å². The first-order chi connectivity index (χ1) is 13.4. The minimum atomic E-state index is -2.67. The number of aliphatic imine (C=N–C) groups is 1. The lowest BCUT2D eigenvalue weighted by molar-refractivity contribution is 0.0987. The molecule has 0 spiro atoms. The first-order valence-corrected chi connectivity index (χ1v) is 11.1. The van der Waals surface area contributed by atoms with Crippen molar-refractivity contribution in [1.82, 2.24) is 9.97 Å². The molecule has 1 aromatic heterocycles. The van der Waals surface area contributed by atoms with Crippen molar-refractivity contribution in [2.75, 3.05) is 5.75 Å². The number of halogens is 1. The van der Waals surface area contributed by atoms with E-state index in [2.05, 4.69) is 20.8 Å². The number of carbonyl (C=O) groups is 1. The minimum Gasteiger partial charge on any atom is -0.386 e. The van der Waals surface area contributed by atoms with E-state index in [1.807, 2.05) is 0 Å². The first-order valence-electron chi connectivity index (χ1n) is 9.17. The highest BCUT2D eigenvalue weighted by atomic mass is 32.2. The van der Waals surface area contributed by atoms with Gasteiger partial charge in [-0.15, -0.1) is 0 Å². The van der Waals surface area contributed by atoms with Gasteiger partial charge in [0.15, 0.2) is 5.78 Å². The van der Waals surface area contributed by atoms with Crippen LogP contribution in [0, 0.1) is 12.7 Å². The molecule has 1 aliphatic heterocycles. The molecule has 3 rings (SSSR count). The summed E-state index contributed by atoms with van der Waals surface area (Å²) in [6.45, 7) is 6.94. The Balaban J connectivity index is 1.98. The molecule has 1 aliphatic rings. The van der Waals surface area contributed by atoms with E-state index in [9.17, 15) is 13.4 Å². The highest BCUT2D eigenvalue weighted by molar-refractivity contribution is 8.02. The minimum absolute atomic E-state index is 0.0333. The van der Waals surface area contributed by atoms with Crippen LogP contribution in [-0.4, -0.2) is 42.2 Å². The van der Waals surface area contributed by atoms with Gasteiger partial charge in [0.2, 0.25) is 0 Å². The van der Waals surface area contributed by atoms with Gasteiger partial charge in [0.1, 0.15) is 17.3 Å². The molecule has 2 aromatic rings. The fourth-order valence-electron chi connectivity index (χ4n) is 3.30. The highest BCUT2D eigenvalue weighted by Gasteiger charge is 2.45. The SMILES string of the molecule is C=S1(=O)C[C@@](C)(c2cc(CC(=O)c3cnc(C)cn3)ccc2F)N=C(N)C1(C)C. The van der Waals surface area contributed by atoms with Crippen molar-refractivity contribution in [3.8, 4) is 0 Å². The predicted molar refractivity (Wildman–Crippen MR) is 114 cm³/mol. The lowest BCUT2D eigenvalue weighted by Crippen LogP contribution is -2.54. The van der Waals surface area contributed by atoms with Crippen LogP contribution in [0.2, 0.25) is 0 Å². The zero-order chi connectivity index (χ0) is 21.6. The number of Topliss-reactive ketones (excluding diaryl/α,β-unsaturated/α-hetero) is 1. The maximum atomic E-state index is 14.7. The molecule has 154 valence electrons. The smallest absolute Gasteiger partial charge is 0.187 e. The van der Waals surface area contributed by atoms with Gasteiger partial charge in [-0.3, -0.25) is 19.0 Å². The molecule has 1 aromatic carbocycles. The van der Waals surface area contributed by atoms with E-state index in [1.165, 1.54) is 18.5 Å². The Morgan fingerprint density at radius 2 is 1.97 bits per heavy atom. The van der Waals surface area contributed by atoms with Gasteiger partial charge in [0, 0.05) is 23.9 Å². The summed E-state index contributed by atoms with van der Waals surface area (Å²) in [5, 5.41) is 0. The maximum Gasteiger partial charge on any atom is 0.187 e. The summed E-state index contributed by atoms with van der Waals surface area (Å²) in [6.07, 6.45) is 2.98. The van der Waals surface area contributed by atoms with E-state index in [4.69, 9.17) is 5.73 Å². The summed E-state index contributed by atoms with van der Waals surface area (Å²) in [4.78, 5) is 25.2. The third-order valence-electron chi connectivity index (χ3n) is 5.47. The van der Waals surface area contributed by atoms with Gasteiger partial charge in [-0.1, -0.05) is 6.07 Å². The van der Waals surface area contributed by atoms with E-state index >= 15 is 0 Å². The van der Waals surface area contributed by atoms with Gasteiger partial charge in [0.05, 0.1) is 22.2 Å². The van der Waals surface area contributed by atoms with Crippen molar-refractivity contribution < 1.29 is 13.4 Å². The Hall–Kier alpha value is -2.61. The molecule has 0 amide bonds. The normalized spacial score (nSPS) is 26.0. The molecule has 2 N–H and O–H groups in total. The Bertz CT molecular complexity index is 1110. The van der Waals surface area contributed by atoms with Gasteiger partial charge in [-0.05, 0) is 60.8 Å². The highest BCUT2D eigenvalue weighted by Crippen LogP contribution is 2.38. The van der Waals surface area contributed by atoms with Crippen molar-refractivity contribution in [1.29, 1.82) is 0 Å². The molecule has 1 unspecified atom stereocenters. The van der Waals surface area contributed by atoms with Crippen LogP contribution >= 0.6 is 0 Å². The van der Waals surface area contributed by atoms with Crippen LogP contribution < -0.4 is 5.73 Å². The van der Waals surface area contributed by atoms with Crippen LogP contribution in [-0.2, 0) is 21.5 Å². The lowest BCUT2D eigenvalue weighted by atomic mass is 9.90. The van der Waals surface area contributed by atoms with Gasteiger partial charge in [-0.25, -0.2) is 9.37 Å². The number of hydrogen-bond donors (Lipinski definition) is 1. The van der Waals surface area contributed by atoms with Crippen LogP contribution in [0.4, 0.5) is 4.39 Å². The quantitative estimate of drug-likeness (QED) is 0.610. The molecule has 0 radical (unpaired) electrons. The molecule has 0 bridgehead atoms. The summed E-state index contributed by atoms with van der Waals surface area (Å²) >= 11 is 0. The second-order valence-corrected chi connectivity index (χ2v) is 11.1. The molecular weight excluding hydrogens is 391 g/mol.